The lowest BCUT2D eigenvalue weighted by Crippen LogP contribution is -2.34. The molecule has 0 saturated carbocycles. The first-order chi connectivity index (χ1) is 9.06. The first-order valence-electron chi connectivity index (χ1n) is 6.80. The molecule has 0 aliphatic rings. The minimum atomic E-state index is -0.0939. The second-order valence-electron chi connectivity index (χ2n) is 4.87. The van der Waals surface area contributed by atoms with Gasteiger partial charge in [0.1, 0.15) is 5.75 Å². The fraction of sp³-hybridized carbons (Fsp3) is 0.533. The molecule has 0 heterocycles. The van der Waals surface area contributed by atoms with Crippen molar-refractivity contribution in [3.63, 3.8) is 0 Å². The number of carbonyl (C=O) groups excluding carboxylic acids is 1. The molecule has 1 unspecified atom stereocenters. The number of hydrogen-bond acceptors (Lipinski definition) is 3. The van der Waals surface area contributed by atoms with Gasteiger partial charge >= 0.3 is 0 Å². The number of amides is 1. The zero-order valence-electron chi connectivity index (χ0n) is 12.0. The molecule has 1 amide bonds. The number of carbonyl (C=O) groups is 1. The molecule has 0 aliphatic carbocycles. The van der Waals surface area contributed by atoms with Gasteiger partial charge in [0.2, 0.25) is 5.91 Å². The van der Waals surface area contributed by atoms with Gasteiger partial charge < -0.3 is 15.8 Å². The Balaban J connectivity index is 2.47. The van der Waals surface area contributed by atoms with Crippen LogP contribution in [0, 0.1) is 5.92 Å². The van der Waals surface area contributed by atoms with E-state index in [1.54, 1.807) is 0 Å². The molecular formula is C15H24N2O2. The van der Waals surface area contributed by atoms with Crippen LogP contribution < -0.4 is 15.8 Å². The highest BCUT2D eigenvalue weighted by molar-refractivity contribution is 5.78. The van der Waals surface area contributed by atoms with E-state index in [4.69, 9.17) is 10.5 Å². The Morgan fingerprint density at radius 3 is 2.42 bits per heavy atom. The number of benzene rings is 1. The SMILES string of the molecule is CCC(CN)C(=O)NCc1ccc(OC(C)C)cc1. The molecule has 0 radical (unpaired) electrons. The van der Waals surface area contributed by atoms with E-state index >= 15 is 0 Å². The summed E-state index contributed by atoms with van der Waals surface area (Å²) in [4.78, 5) is 11.8. The predicted octanol–water partition coefficient (Wildman–Crippen LogP) is 2.07. The summed E-state index contributed by atoms with van der Waals surface area (Å²) in [7, 11) is 0. The van der Waals surface area contributed by atoms with E-state index in [0.717, 1.165) is 17.7 Å². The van der Waals surface area contributed by atoms with Crippen molar-refractivity contribution in [3.8, 4) is 5.75 Å². The molecule has 0 saturated heterocycles. The van der Waals surface area contributed by atoms with Gasteiger partial charge in [0.05, 0.1) is 6.10 Å². The van der Waals surface area contributed by atoms with Gasteiger partial charge in [-0.05, 0) is 38.0 Å². The zero-order valence-corrected chi connectivity index (χ0v) is 12.0. The Labute approximate surface area is 115 Å². The second kappa shape index (κ2) is 7.79. The van der Waals surface area contributed by atoms with Gasteiger partial charge in [0.25, 0.3) is 0 Å². The first kappa shape index (κ1) is 15.5. The summed E-state index contributed by atoms with van der Waals surface area (Å²) < 4.78 is 5.56. The quantitative estimate of drug-likeness (QED) is 0.792. The number of nitrogens with one attached hydrogen (secondary N) is 1. The lowest BCUT2D eigenvalue weighted by molar-refractivity contribution is -0.124. The minimum Gasteiger partial charge on any atom is -0.491 e. The zero-order chi connectivity index (χ0) is 14.3. The third kappa shape index (κ3) is 5.30. The third-order valence-corrected chi connectivity index (χ3v) is 2.91. The molecular weight excluding hydrogens is 240 g/mol. The maximum absolute atomic E-state index is 11.8. The Bertz CT molecular complexity index is 384. The van der Waals surface area contributed by atoms with Crippen LogP contribution in [0.5, 0.6) is 5.75 Å². The van der Waals surface area contributed by atoms with E-state index in [2.05, 4.69) is 5.32 Å². The van der Waals surface area contributed by atoms with E-state index in [1.165, 1.54) is 0 Å². The fourth-order valence-electron chi connectivity index (χ4n) is 1.75. The van der Waals surface area contributed by atoms with E-state index in [-0.39, 0.29) is 17.9 Å². The summed E-state index contributed by atoms with van der Waals surface area (Å²) in [5.41, 5.74) is 6.59. The summed E-state index contributed by atoms with van der Waals surface area (Å²) >= 11 is 0. The van der Waals surface area contributed by atoms with Gasteiger partial charge in [-0.3, -0.25) is 4.79 Å². The highest BCUT2D eigenvalue weighted by Crippen LogP contribution is 2.13. The first-order valence-corrected chi connectivity index (χ1v) is 6.80. The molecule has 1 atom stereocenters. The summed E-state index contributed by atoms with van der Waals surface area (Å²) in [6, 6.07) is 7.76. The molecule has 4 heteroatoms. The van der Waals surface area contributed by atoms with Crippen LogP contribution >= 0.6 is 0 Å². The highest BCUT2D eigenvalue weighted by atomic mass is 16.5. The smallest absolute Gasteiger partial charge is 0.224 e. The number of nitrogens with two attached hydrogens (primary N) is 1. The molecule has 106 valence electrons. The van der Waals surface area contributed by atoms with Gasteiger partial charge in [-0.2, -0.15) is 0 Å². The molecule has 1 aromatic carbocycles. The van der Waals surface area contributed by atoms with Gasteiger partial charge in [-0.1, -0.05) is 19.1 Å². The average molecular weight is 264 g/mol. The lowest BCUT2D eigenvalue weighted by atomic mass is 10.1. The Kier molecular flexibility index (Phi) is 6.36. The molecule has 1 aromatic rings. The topological polar surface area (TPSA) is 64.4 Å². The second-order valence-corrected chi connectivity index (χ2v) is 4.87. The van der Waals surface area contributed by atoms with Gasteiger partial charge in [-0.25, -0.2) is 0 Å². The maximum atomic E-state index is 11.8. The lowest BCUT2D eigenvalue weighted by Gasteiger charge is -2.13. The highest BCUT2D eigenvalue weighted by Gasteiger charge is 2.13. The van der Waals surface area contributed by atoms with Gasteiger partial charge in [0, 0.05) is 19.0 Å². The molecule has 1 rings (SSSR count). The summed E-state index contributed by atoms with van der Waals surface area (Å²) in [5.74, 6) is 0.773. The molecule has 0 bridgehead atoms. The van der Waals surface area contributed by atoms with Crippen molar-refractivity contribution < 1.29 is 9.53 Å². The molecule has 0 aromatic heterocycles. The van der Waals surface area contributed by atoms with Crippen LogP contribution in [0.15, 0.2) is 24.3 Å². The van der Waals surface area contributed by atoms with Crippen LogP contribution in [0.3, 0.4) is 0 Å². The molecule has 3 N–H and O–H groups in total. The Hall–Kier alpha value is -1.55. The standard InChI is InChI=1S/C15H24N2O2/c1-4-13(9-16)15(18)17-10-12-5-7-14(8-6-12)19-11(2)3/h5-8,11,13H,4,9-10,16H2,1-3H3,(H,17,18). The third-order valence-electron chi connectivity index (χ3n) is 2.91. The fourth-order valence-corrected chi connectivity index (χ4v) is 1.75. The predicted molar refractivity (Wildman–Crippen MR) is 76.9 cm³/mol. The van der Waals surface area contributed by atoms with Crippen molar-refractivity contribution in [2.24, 2.45) is 11.7 Å². The van der Waals surface area contributed by atoms with Crippen molar-refractivity contribution >= 4 is 5.91 Å². The van der Waals surface area contributed by atoms with Crippen molar-refractivity contribution in [2.45, 2.75) is 39.8 Å². The van der Waals surface area contributed by atoms with Crippen molar-refractivity contribution in [2.75, 3.05) is 6.54 Å². The van der Waals surface area contributed by atoms with Crippen LogP contribution in [-0.4, -0.2) is 18.6 Å². The normalized spacial score (nSPS) is 12.3. The Morgan fingerprint density at radius 1 is 1.32 bits per heavy atom. The minimum absolute atomic E-state index is 0.0208. The number of hydrogen-bond donors (Lipinski definition) is 2. The summed E-state index contributed by atoms with van der Waals surface area (Å²) in [6.07, 6.45) is 0.934. The average Bonchev–Trinajstić information content (AvgIpc) is 2.38. The summed E-state index contributed by atoms with van der Waals surface area (Å²) in [6.45, 7) is 6.87. The van der Waals surface area contributed by atoms with Crippen molar-refractivity contribution in [1.82, 2.24) is 5.32 Å². The number of ether oxygens (including phenoxy) is 1. The number of rotatable bonds is 7. The van der Waals surface area contributed by atoms with E-state index in [0.29, 0.717) is 13.1 Å². The van der Waals surface area contributed by atoms with Crippen LogP contribution in [0.25, 0.3) is 0 Å². The van der Waals surface area contributed by atoms with E-state index in [1.807, 2.05) is 45.0 Å². The van der Waals surface area contributed by atoms with Gasteiger partial charge in [0.15, 0.2) is 0 Å². The molecule has 0 fully saturated rings. The van der Waals surface area contributed by atoms with Crippen LogP contribution in [-0.2, 0) is 11.3 Å². The van der Waals surface area contributed by atoms with Crippen LogP contribution in [0.1, 0.15) is 32.8 Å². The van der Waals surface area contributed by atoms with E-state index < -0.39 is 0 Å². The van der Waals surface area contributed by atoms with Gasteiger partial charge in [-0.15, -0.1) is 0 Å². The maximum Gasteiger partial charge on any atom is 0.224 e. The Morgan fingerprint density at radius 2 is 1.95 bits per heavy atom. The molecule has 19 heavy (non-hydrogen) atoms. The molecule has 0 spiro atoms. The molecule has 0 aliphatic heterocycles. The van der Waals surface area contributed by atoms with Crippen LogP contribution in [0.4, 0.5) is 0 Å². The summed E-state index contributed by atoms with van der Waals surface area (Å²) in [5, 5.41) is 2.90. The largest absolute Gasteiger partial charge is 0.491 e. The van der Waals surface area contributed by atoms with E-state index in [9.17, 15) is 4.79 Å². The monoisotopic (exact) mass is 264 g/mol. The van der Waals surface area contributed by atoms with Crippen LogP contribution in [0.2, 0.25) is 0 Å². The van der Waals surface area contributed by atoms with Crippen molar-refractivity contribution in [3.05, 3.63) is 29.8 Å². The molecule has 4 nitrogen and oxygen atoms in total. The van der Waals surface area contributed by atoms with Crippen molar-refractivity contribution in [1.29, 1.82) is 0 Å².